The number of likely N-dealkylation sites (N-methyl/N-ethyl adjacent to an activating group) is 1. The van der Waals surface area contributed by atoms with E-state index in [-0.39, 0.29) is 48.4 Å². The number of morpholine rings is 1. The van der Waals surface area contributed by atoms with Crippen molar-refractivity contribution in [2.45, 2.75) is 82.6 Å². The van der Waals surface area contributed by atoms with Crippen molar-refractivity contribution in [2.24, 2.45) is 0 Å². The van der Waals surface area contributed by atoms with Crippen molar-refractivity contribution in [1.82, 2.24) is 15.1 Å². The number of rotatable bonds is 7. The van der Waals surface area contributed by atoms with E-state index in [1.165, 1.54) is 5.56 Å². The Labute approximate surface area is 197 Å². The normalized spacial score (nSPS) is 28.6. The molecule has 1 aliphatic carbocycles. The van der Waals surface area contributed by atoms with Gasteiger partial charge in [0.15, 0.2) is 0 Å². The quantitative estimate of drug-likeness (QED) is 0.670. The van der Waals surface area contributed by atoms with Crippen LogP contribution in [0, 0.1) is 0 Å². The van der Waals surface area contributed by atoms with Crippen LogP contribution in [0.1, 0.15) is 57.9 Å². The molecule has 1 aromatic carbocycles. The van der Waals surface area contributed by atoms with Crippen LogP contribution in [0.2, 0.25) is 5.02 Å². The predicted molar refractivity (Wildman–Crippen MR) is 128 cm³/mol. The van der Waals surface area contributed by atoms with Gasteiger partial charge in [0.25, 0.3) is 0 Å². The summed E-state index contributed by atoms with van der Waals surface area (Å²) in [5.41, 5.74) is 1.38. The maximum atomic E-state index is 12.5. The number of hydrogen-bond donors (Lipinski definition) is 1. The lowest BCUT2D eigenvalue weighted by molar-refractivity contribution is -0.144. The molecule has 0 spiro atoms. The van der Waals surface area contributed by atoms with Crippen molar-refractivity contribution in [3.63, 3.8) is 0 Å². The molecule has 1 N–H and O–H groups in total. The highest BCUT2D eigenvalue weighted by Crippen LogP contribution is 2.35. The van der Waals surface area contributed by atoms with E-state index in [0.717, 1.165) is 37.1 Å². The minimum Gasteiger partial charge on any atom is -0.372 e. The molecular weight excluding hydrogens is 426 g/mol. The number of ether oxygens (including phenoxy) is 1. The second-order valence-corrected chi connectivity index (χ2v) is 10.3. The Morgan fingerprint density at radius 3 is 2.25 bits per heavy atom. The fourth-order valence-electron chi connectivity index (χ4n) is 5.12. The summed E-state index contributed by atoms with van der Waals surface area (Å²) in [7, 11) is 4.29. The molecule has 32 heavy (non-hydrogen) atoms. The van der Waals surface area contributed by atoms with Gasteiger partial charge < -0.3 is 19.9 Å². The summed E-state index contributed by atoms with van der Waals surface area (Å²) in [4.78, 5) is 29.2. The first-order chi connectivity index (χ1) is 15.2. The van der Waals surface area contributed by atoms with E-state index < -0.39 is 0 Å². The van der Waals surface area contributed by atoms with Crippen molar-refractivity contribution in [3.05, 3.63) is 34.9 Å². The van der Waals surface area contributed by atoms with Crippen LogP contribution in [0.5, 0.6) is 0 Å². The minimum absolute atomic E-state index is 0.0206. The standard InChI is InChI=1S/C25H38ClN3O3/c1-18-16-29(17-19(2)32-18)24(31)10-9-23(30)27-22-11-13-25(14-12-22,28(3)4)15-20-5-7-21(26)8-6-20/h5-8,18-19,22H,9-17H2,1-4H3,(H,27,30). The van der Waals surface area contributed by atoms with Crippen LogP contribution in [0.3, 0.4) is 0 Å². The molecule has 1 saturated heterocycles. The van der Waals surface area contributed by atoms with Gasteiger partial charge in [-0.3, -0.25) is 9.59 Å². The van der Waals surface area contributed by atoms with Crippen molar-refractivity contribution >= 4 is 23.4 Å². The fourth-order valence-corrected chi connectivity index (χ4v) is 5.25. The van der Waals surface area contributed by atoms with E-state index in [4.69, 9.17) is 16.3 Å². The Kier molecular flexibility index (Phi) is 8.59. The number of hydrogen-bond acceptors (Lipinski definition) is 4. The average molecular weight is 464 g/mol. The van der Waals surface area contributed by atoms with Gasteiger partial charge >= 0.3 is 0 Å². The first-order valence-electron chi connectivity index (χ1n) is 11.8. The lowest BCUT2D eigenvalue weighted by Gasteiger charge is -2.45. The molecule has 0 aromatic heterocycles. The van der Waals surface area contributed by atoms with Crippen LogP contribution in [0.4, 0.5) is 0 Å². The Hall–Kier alpha value is -1.63. The lowest BCUT2D eigenvalue weighted by atomic mass is 9.75. The minimum atomic E-state index is -0.0206. The summed E-state index contributed by atoms with van der Waals surface area (Å²) in [5, 5.41) is 3.93. The van der Waals surface area contributed by atoms with E-state index in [0.29, 0.717) is 13.1 Å². The SMILES string of the molecule is CC1CN(C(=O)CCC(=O)NC2CCC(Cc3ccc(Cl)cc3)(N(C)C)CC2)CC(C)O1. The zero-order valence-electron chi connectivity index (χ0n) is 19.9. The topological polar surface area (TPSA) is 61.9 Å². The zero-order chi connectivity index (χ0) is 23.3. The van der Waals surface area contributed by atoms with E-state index in [9.17, 15) is 9.59 Å². The van der Waals surface area contributed by atoms with E-state index >= 15 is 0 Å². The van der Waals surface area contributed by atoms with Crippen LogP contribution < -0.4 is 5.32 Å². The summed E-state index contributed by atoms with van der Waals surface area (Å²) in [6.07, 6.45) is 5.52. The molecule has 2 unspecified atom stereocenters. The van der Waals surface area contributed by atoms with E-state index in [2.05, 4.69) is 36.4 Å². The number of nitrogens with one attached hydrogen (secondary N) is 1. The van der Waals surface area contributed by atoms with Gasteiger partial charge in [0.2, 0.25) is 11.8 Å². The summed E-state index contributed by atoms with van der Waals surface area (Å²) in [5.74, 6) is 0.0214. The number of amides is 2. The van der Waals surface area contributed by atoms with Crippen LogP contribution in [0.15, 0.2) is 24.3 Å². The van der Waals surface area contributed by atoms with Crippen LogP contribution in [-0.4, -0.2) is 72.6 Å². The number of carbonyl (C=O) groups is 2. The van der Waals surface area contributed by atoms with E-state index in [1.54, 1.807) is 0 Å². The Morgan fingerprint density at radius 2 is 1.69 bits per heavy atom. The molecule has 1 heterocycles. The smallest absolute Gasteiger partial charge is 0.223 e. The molecule has 0 radical (unpaired) electrons. The van der Waals surface area contributed by atoms with E-state index in [1.807, 2.05) is 30.9 Å². The van der Waals surface area contributed by atoms with Crippen molar-refractivity contribution in [2.75, 3.05) is 27.2 Å². The van der Waals surface area contributed by atoms with Gasteiger partial charge in [-0.15, -0.1) is 0 Å². The van der Waals surface area contributed by atoms with Gasteiger partial charge in [0.1, 0.15) is 0 Å². The largest absolute Gasteiger partial charge is 0.372 e. The maximum absolute atomic E-state index is 12.5. The molecule has 1 saturated carbocycles. The first-order valence-corrected chi connectivity index (χ1v) is 12.2. The molecule has 6 nitrogen and oxygen atoms in total. The Bertz CT molecular complexity index is 765. The van der Waals surface area contributed by atoms with Gasteiger partial charge in [-0.05, 0) is 77.7 Å². The zero-order valence-corrected chi connectivity index (χ0v) is 20.7. The monoisotopic (exact) mass is 463 g/mol. The number of benzene rings is 1. The number of carbonyl (C=O) groups excluding carboxylic acids is 2. The van der Waals surface area contributed by atoms with Crippen LogP contribution in [-0.2, 0) is 20.7 Å². The number of halogens is 1. The molecule has 2 aliphatic rings. The molecule has 7 heteroatoms. The van der Waals surface area contributed by atoms with Crippen LogP contribution in [0.25, 0.3) is 0 Å². The van der Waals surface area contributed by atoms with Crippen molar-refractivity contribution in [1.29, 1.82) is 0 Å². The van der Waals surface area contributed by atoms with Crippen molar-refractivity contribution in [3.8, 4) is 0 Å². The summed E-state index contributed by atoms with van der Waals surface area (Å²) in [6.45, 7) is 5.17. The Morgan fingerprint density at radius 1 is 1.09 bits per heavy atom. The lowest BCUT2D eigenvalue weighted by Crippen LogP contribution is -2.52. The van der Waals surface area contributed by atoms with Gasteiger partial charge in [0.05, 0.1) is 12.2 Å². The van der Waals surface area contributed by atoms with Crippen LogP contribution >= 0.6 is 11.6 Å². The maximum Gasteiger partial charge on any atom is 0.223 e. The molecule has 1 aliphatic heterocycles. The molecule has 2 amide bonds. The first kappa shape index (κ1) is 25.0. The second kappa shape index (κ2) is 11.0. The van der Waals surface area contributed by atoms with Crippen molar-refractivity contribution < 1.29 is 14.3 Å². The molecule has 2 atom stereocenters. The van der Waals surface area contributed by atoms with Gasteiger partial charge in [-0.2, -0.15) is 0 Å². The number of nitrogens with zero attached hydrogens (tertiary/aromatic N) is 2. The van der Waals surface area contributed by atoms with Gasteiger partial charge in [0, 0.05) is 42.5 Å². The summed E-state index contributed by atoms with van der Waals surface area (Å²) < 4.78 is 5.69. The average Bonchev–Trinajstić information content (AvgIpc) is 2.74. The summed E-state index contributed by atoms with van der Waals surface area (Å²) >= 11 is 6.04. The third-order valence-electron chi connectivity index (χ3n) is 7.01. The molecule has 0 bridgehead atoms. The van der Waals surface area contributed by atoms with Gasteiger partial charge in [-0.25, -0.2) is 0 Å². The molecule has 178 valence electrons. The molecular formula is C25H38ClN3O3. The molecule has 3 rings (SSSR count). The molecule has 2 fully saturated rings. The highest BCUT2D eigenvalue weighted by Gasteiger charge is 2.37. The highest BCUT2D eigenvalue weighted by atomic mass is 35.5. The second-order valence-electron chi connectivity index (χ2n) is 9.82. The fraction of sp³-hybridized carbons (Fsp3) is 0.680. The molecule has 1 aromatic rings. The third-order valence-corrected chi connectivity index (χ3v) is 7.27. The Balaban J connectivity index is 1.45. The predicted octanol–water partition coefficient (Wildman–Crippen LogP) is 3.66. The third kappa shape index (κ3) is 6.69. The highest BCUT2D eigenvalue weighted by molar-refractivity contribution is 6.30. The summed E-state index contributed by atoms with van der Waals surface area (Å²) in [6, 6.07) is 8.29. The van der Waals surface area contributed by atoms with Gasteiger partial charge in [-0.1, -0.05) is 23.7 Å².